The van der Waals surface area contributed by atoms with Gasteiger partial charge in [0.2, 0.25) is 11.8 Å². The second-order valence-corrected chi connectivity index (χ2v) is 6.90. The summed E-state index contributed by atoms with van der Waals surface area (Å²) in [5, 5.41) is 10.7. The minimum atomic E-state index is 0.366. The van der Waals surface area contributed by atoms with Crippen molar-refractivity contribution in [1.29, 1.82) is 0 Å². The molecule has 2 aromatic carbocycles. The maximum absolute atomic E-state index is 9.76. The number of aliphatic imine (C=N–C) groups is 1. The van der Waals surface area contributed by atoms with Crippen LogP contribution < -0.4 is 19.9 Å². The molecule has 0 amide bonds. The second-order valence-electron chi connectivity index (χ2n) is 6.90. The van der Waals surface area contributed by atoms with Crippen molar-refractivity contribution in [2.75, 3.05) is 45.3 Å². The van der Waals surface area contributed by atoms with E-state index in [-0.39, 0.29) is 0 Å². The number of rotatable bonds is 4. The molecule has 8 heteroatoms. The molecule has 3 aromatic rings. The molecule has 0 unspecified atom stereocenters. The number of hydroxylamine groups is 1. The standard InChI is InChI=1S/C22H25N5O3/c1-29-20-10-6-5-9-19(20)26-11-13-27(14-12-26)22(25-28)24-18-15-16-7-3-4-8-17(16)23-21(18)30-2/h3-10,15,28H,11-14H2,1-2H3,(H,24,25). The molecule has 2 N–H and O–H groups in total. The van der Waals surface area contributed by atoms with Gasteiger partial charge in [-0.1, -0.05) is 30.3 Å². The van der Waals surface area contributed by atoms with Crippen molar-refractivity contribution in [1.82, 2.24) is 15.4 Å². The van der Waals surface area contributed by atoms with Crippen LogP contribution in [0.1, 0.15) is 0 Å². The first-order valence-corrected chi connectivity index (χ1v) is 9.79. The van der Waals surface area contributed by atoms with E-state index < -0.39 is 0 Å². The van der Waals surface area contributed by atoms with Gasteiger partial charge in [0.1, 0.15) is 11.4 Å². The number of nitrogens with one attached hydrogen (secondary N) is 1. The van der Waals surface area contributed by atoms with Gasteiger partial charge in [0.25, 0.3) is 0 Å². The molecule has 0 saturated carbocycles. The Morgan fingerprint density at radius 3 is 2.47 bits per heavy atom. The van der Waals surface area contributed by atoms with Crippen molar-refractivity contribution >= 4 is 28.2 Å². The summed E-state index contributed by atoms with van der Waals surface area (Å²) in [6, 6.07) is 17.7. The number of hydrogen-bond donors (Lipinski definition) is 2. The molecule has 1 aromatic heterocycles. The summed E-state index contributed by atoms with van der Waals surface area (Å²) < 4.78 is 10.9. The Morgan fingerprint density at radius 2 is 1.73 bits per heavy atom. The summed E-state index contributed by atoms with van der Waals surface area (Å²) >= 11 is 0. The molecular weight excluding hydrogens is 382 g/mol. The number of piperazine rings is 1. The lowest BCUT2D eigenvalue weighted by molar-refractivity contribution is 0.207. The Balaban J connectivity index is 1.55. The molecule has 1 aliphatic heterocycles. The number of hydrogen-bond acceptors (Lipinski definition) is 6. The van der Waals surface area contributed by atoms with Gasteiger partial charge in [0.15, 0.2) is 0 Å². The predicted octanol–water partition coefficient (Wildman–Crippen LogP) is 3.04. The second kappa shape index (κ2) is 8.87. The van der Waals surface area contributed by atoms with Crippen molar-refractivity contribution in [2.45, 2.75) is 0 Å². The molecule has 2 heterocycles. The summed E-state index contributed by atoms with van der Waals surface area (Å²) in [6.07, 6.45) is 0. The van der Waals surface area contributed by atoms with E-state index in [0.717, 1.165) is 35.4 Å². The summed E-state index contributed by atoms with van der Waals surface area (Å²) in [4.78, 5) is 13.4. The highest BCUT2D eigenvalue weighted by Gasteiger charge is 2.22. The number of ether oxygens (including phenoxy) is 2. The normalized spacial score (nSPS) is 14.7. The number of nitrogens with zero attached hydrogens (tertiary/aromatic N) is 4. The number of guanidine groups is 1. The zero-order chi connectivity index (χ0) is 20.9. The number of anilines is 1. The minimum absolute atomic E-state index is 0.366. The van der Waals surface area contributed by atoms with Crippen LogP contribution >= 0.6 is 0 Å². The largest absolute Gasteiger partial charge is 0.495 e. The van der Waals surface area contributed by atoms with Crippen LogP contribution in [0.5, 0.6) is 11.6 Å². The van der Waals surface area contributed by atoms with Gasteiger partial charge in [-0.05, 0) is 24.3 Å². The molecule has 156 valence electrons. The van der Waals surface area contributed by atoms with Gasteiger partial charge < -0.3 is 19.3 Å². The SMILES string of the molecule is COc1ccccc1N1CCN(C(=Nc2cc3ccccc3nc2OC)NO)CC1. The Morgan fingerprint density at radius 1 is 1.00 bits per heavy atom. The van der Waals surface area contributed by atoms with E-state index in [1.54, 1.807) is 14.2 Å². The summed E-state index contributed by atoms with van der Waals surface area (Å²) in [5.74, 6) is 1.63. The van der Waals surface area contributed by atoms with Gasteiger partial charge in [-0.15, -0.1) is 0 Å². The van der Waals surface area contributed by atoms with E-state index >= 15 is 0 Å². The van der Waals surface area contributed by atoms with E-state index in [4.69, 9.17) is 9.47 Å². The number of para-hydroxylation sites is 3. The third-order valence-corrected chi connectivity index (χ3v) is 5.19. The average molecular weight is 407 g/mol. The summed E-state index contributed by atoms with van der Waals surface area (Å²) in [7, 11) is 3.24. The minimum Gasteiger partial charge on any atom is -0.495 e. The molecule has 1 fully saturated rings. The maximum Gasteiger partial charge on any atom is 0.240 e. The molecule has 0 radical (unpaired) electrons. The fourth-order valence-electron chi connectivity index (χ4n) is 3.65. The molecule has 0 aliphatic carbocycles. The highest BCUT2D eigenvalue weighted by atomic mass is 16.5. The number of fused-ring (bicyclic) bond motifs is 1. The zero-order valence-electron chi connectivity index (χ0n) is 17.1. The predicted molar refractivity (Wildman–Crippen MR) is 117 cm³/mol. The first kappa shape index (κ1) is 19.8. The fraction of sp³-hybridized carbons (Fsp3) is 0.273. The number of benzene rings is 2. The van der Waals surface area contributed by atoms with Crippen LogP contribution in [-0.2, 0) is 0 Å². The van der Waals surface area contributed by atoms with Crippen LogP contribution in [0.25, 0.3) is 10.9 Å². The van der Waals surface area contributed by atoms with Crippen molar-refractivity contribution in [3.05, 3.63) is 54.6 Å². The smallest absolute Gasteiger partial charge is 0.240 e. The molecule has 8 nitrogen and oxygen atoms in total. The van der Waals surface area contributed by atoms with E-state index in [1.165, 1.54) is 0 Å². The van der Waals surface area contributed by atoms with Gasteiger partial charge >= 0.3 is 0 Å². The van der Waals surface area contributed by atoms with E-state index in [2.05, 4.69) is 26.4 Å². The molecule has 0 atom stereocenters. The Labute approximate surface area is 175 Å². The highest BCUT2D eigenvalue weighted by molar-refractivity contribution is 5.87. The highest BCUT2D eigenvalue weighted by Crippen LogP contribution is 2.31. The number of aromatic nitrogens is 1. The van der Waals surface area contributed by atoms with Crippen molar-refractivity contribution < 1.29 is 14.7 Å². The summed E-state index contributed by atoms with van der Waals surface area (Å²) in [6.45, 7) is 2.92. The molecule has 30 heavy (non-hydrogen) atoms. The van der Waals surface area contributed by atoms with Crippen LogP contribution in [0, 0.1) is 0 Å². The lowest BCUT2D eigenvalue weighted by Gasteiger charge is -2.37. The lowest BCUT2D eigenvalue weighted by atomic mass is 10.2. The Hall–Kier alpha value is -3.52. The van der Waals surface area contributed by atoms with Crippen LogP contribution in [0.2, 0.25) is 0 Å². The van der Waals surface area contributed by atoms with Crippen LogP contribution in [0.15, 0.2) is 59.6 Å². The van der Waals surface area contributed by atoms with Crippen molar-refractivity contribution in [3.63, 3.8) is 0 Å². The van der Waals surface area contributed by atoms with Gasteiger partial charge in [-0.2, -0.15) is 0 Å². The third-order valence-electron chi connectivity index (χ3n) is 5.19. The molecular formula is C22H25N5O3. The van der Waals surface area contributed by atoms with Crippen LogP contribution in [0.3, 0.4) is 0 Å². The van der Waals surface area contributed by atoms with Crippen LogP contribution in [0.4, 0.5) is 11.4 Å². The number of pyridine rings is 1. The third kappa shape index (κ3) is 3.95. The fourth-order valence-corrected chi connectivity index (χ4v) is 3.65. The van der Waals surface area contributed by atoms with Gasteiger partial charge in [0.05, 0.1) is 25.4 Å². The molecule has 1 saturated heterocycles. The monoisotopic (exact) mass is 407 g/mol. The zero-order valence-corrected chi connectivity index (χ0v) is 17.1. The van der Waals surface area contributed by atoms with E-state index in [9.17, 15) is 5.21 Å². The van der Waals surface area contributed by atoms with E-state index in [0.29, 0.717) is 30.6 Å². The van der Waals surface area contributed by atoms with Crippen molar-refractivity contribution in [2.24, 2.45) is 4.99 Å². The van der Waals surface area contributed by atoms with Gasteiger partial charge in [-0.3, -0.25) is 5.21 Å². The topological polar surface area (TPSA) is 82.5 Å². The summed E-state index contributed by atoms with van der Waals surface area (Å²) in [5.41, 5.74) is 4.70. The van der Waals surface area contributed by atoms with Gasteiger partial charge in [-0.25, -0.2) is 15.5 Å². The lowest BCUT2D eigenvalue weighted by Crippen LogP contribution is -2.52. The molecule has 4 rings (SSSR count). The average Bonchev–Trinajstić information content (AvgIpc) is 2.82. The number of methoxy groups -OCH3 is 2. The molecule has 0 bridgehead atoms. The first-order chi connectivity index (χ1) is 14.7. The quantitative estimate of drug-likeness (QED) is 0.391. The Kier molecular flexibility index (Phi) is 5.85. The van der Waals surface area contributed by atoms with E-state index in [1.807, 2.05) is 53.4 Å². The van der Waals surface area contributed by atoms with Gasteiger partial charge in [0, 0.05) is 31.6 Å². The molecule has 1 aliphatic rings. The van der Waals surface area contributed by atoms with Crippen molar-refractivity contribution in [3.8, 4) is 11.6 Å². The molecule has 0 spiro atoms. The maximum atomic E-state index is 9.76. The van der Waals surface area contributed by atoms with Crippen LogP contribution in [-0.4, -0.2) is 61.4 Å². The first-order valence-electron chi connectivity index (χ1n) is 9.79. The Bertz CT molecular complexity index is 1050.